The second-order valence-corrected chi connectivity index (χ2v) is 8.65. The molecular formula is C20H24NO4P. The minimum atomic E-state index is -3.08. The minimum Gasteiger partial charge on any atom is -0.465 e. The largest absolute Gasteiger partial charge is 0.465 e. The van der Waals surface area contributed by atoms with E-state index in [2.05, 4.69) is 12.1 Å². The van der Waals surface area contributed by atoms with Gasteiger partial charge in [-0.2, -0.15) is 0 Å². The summed E-state index contributed by atoms with van der Waals surface area (Å²) >= 11 is 0. The third-order valence-corrected chi connectivity index (χ3v) is 6.90. The fourth-order valence-electron chi connectivity index (χ4n) is 3.04. The number of esters is 1. The first-order valence-corrected chi connectivity index (χ1v) is 10.7. The van der Waals surface area contributed by atoms with Crippen LogP contribution in [-0.4, -0.2) is 36.9 Å². The zero-order valence-electron chi connectivity index (χ0n) is 15.0. The van der Waals surface area contributed by atoms with Gasteiger partial charge >= 0.3 is 5.97 Å². The maximum absolute atomic E-state index is 13.3. The van der Waals surface area contributed by atoms with Crippen LogP contribution in [0.4, 0.5) is 0 Å². The molecule has 26 heavy (non-hydrogen) atoms. The summed E-state index contributed by atoms with van der Waals surface area (Å²) in [4.78, 5) is 11.8. The van der Waals surface area contributed by atoms with E-state index in [0.29, 0.717) is 25.9 Å². The van der Waals surface area contributed by atoms with Gasteiger partial charge in [0, 0.05) is 6.54 Å². The van der Waals surface area contributed by atoms with Crippen molar-refractivity contribution < 1.29 is 18.6 Å². The quantitative estimate of drug-likeness (QED) is 0.557. The molecule has 2 aromatic carbocycles. The van der Waals surface area contributed by atoms with E-state index in [9.17, 15) is 9.36 Å². The van der Waals surface area contributed by atoms with E-state index in [1.54, 1.807) is 11.6 Å². The molecule has 1 unspecified atom stereocenters. The predicted octanol–water partition coefficient (Wildman–Crippen LogP) is 4.33. The molecule has 2 aromatic rings. The van der Waals surface area contributed by atoms with Gasteiger partial charge in [0.15, 0.2) is 0 Å². The summed E-state index contributed by atoms with van der Waals surface area (Å²) in [6.45, 7) is 3.13. The van der Waals surface area contributed by atoms with E-state index in [4.69, 9.17) is 9.26 Å². The number of hydrogen-bond donors (Lipinski definition) is 0. The van der Waals surface area contributed by atoms with Crippen molar-refractivity contribution in [2.24, 2.45) is 0 Å². The zero-order valence-corrected chi connectivity index (χ0v) is 15.9. The number of hydrogen-bond acceptors (Lipinski definition) is 4. The average Bonchev–Trinajstić information content (AvgIpc) is 2.65. The Morgan fingerprint density at radius 1 is 1.12 bits per heavy atom. The Labute approximate surface area is 154 Å². The Hall–Kier alpha value is -1.94. The van der Waals surface area contributed by atoms with Crippen molar-refractivity contribution in [2.45, 2.75) is 19.5 Å². The fourth-order valence-corrected chi connectivity index (χ4v) is 5.36. The summed E-state index contributed by atoms with van der Waals surface area (Å²) in [5.74, 6) is -0.363. The average molecular weight is 373 g/mol. The first kappa shape index (κ1) is 18.8. The van der Waals surface area contributed by atoms with Crippen LogP contribution >= 0.6 is 7.52 Å². The van der Waals surface area contributed by atoms with Crippen molar-refractivity contribution in [2.75, 3.05) is 26.3 Å². The molecule has 1 atom stereocenters. The van der Waals surface area contributed by atoms with Gasteiger partial charge in [0.1, 0.15) is 6.54 Å². The SMILES string of the molecule is CCOC(=O)CN1CCCOP1(=O)Cc1ccc(-c2ccccc2)cc1. The fraction of sp³-hybridized carbons (Fsp3) is 0.350. The summed E-state index contributed by atoms with van der Waals surface area (Å²) in [6.07, 6.45) is 1.05. The van der Waals surface area contributed by atoms with Crippen LogP contribution in [0.25, 0.3) is 11.1 Å². The maximum Gasteiger partial charge on any atom is 0.320 e. The van der Waals surface area contributed by atoms with Crippen LogP contribution < -0.4 is 0 Å². The number of ether oxygens (including phenoxy) is 1. The van der Waals surface area contributed by atoms with Crippen LogP contribution in [0.3, 0.4) is 0 Å². The predicted molar refractivity (Wildman–Crippen MR) is 102 cm³/mol. The third kappa shape index (κ3) is 4.61. The van der Waals surface area contributed by atoms with Gasteiger partial charge in [-0.3, -0.25) is 9.36 Å². The zero-order chi connectivity index (χ0) is 18.4. The van der Waals surface area contributed by atoms with Crippen molar-refractivity contribution in [3.8, 4) is 11.1 Å². The van der Waals surface area contributed by atoms with Gasteiger partial charge < -0.3 is 9.26 Å². The highest BCUT2D eigenvalue weighted by Crippen LogP contribution is 2.55. The Morgan fingerprint density at radius 3 is 2.50 bits per heavy atom. The van der Waals surface area contributed by atoms with Crippen LogP contribution in [0.15, 0.2) is 54.6 Å². The van der Waals surface area contributed by atoms with Crippen LogP contribution in [0.2, 0.25) is 0 Å². The topological polar surface area (TPSA) is 55.8 Å². The lowest BCUT2D eigenvalue weighted by molar-refractivity contribution is -0.143. The molecule has 138 valence electrons. The molecule has 1 saturated heterocycles. The Bertz CT molecular complexity index is 776. The molecule has 0 aromatic heterocycles. The molecule has 5 nitrogen and oxygen atoms in total. The van der Waals surface area contributed by atoms with Gasteiger partial charge in [0.25, 0.3) is 7.52 Å². The number of carbonyl (C=O) groups excluding carboxylic acids is 1. The highest BCUT2D eigenvalue weighted by atomic mass is 31.2. The number of carbonyl (C=O) groups is 1. The van der Waals surface area contributed by atoms with Crippen LogP contribution in [0.5, 0.6) is 0 Å². The van der Waals surface area contributed by atoms with Gasteiger partial charge in [-0.05, 0) is 30.0 Å². The highest BCUT2D eigenvalue weighted by molar-refractivity contribution is 7.55. The molecule has 0 spiro atoms. The van der Waals surface area contributed by atoms with Crippen molar-refractivity contribution in [1.29, 1.82) is 0 Å². The molecular weight excluding hydrogens is 349 g/mol. The molecule has 3 rings (SSSR count). The maximum atomic E-state index is 13.3. The lowest BCUT2D eigenvalue weighted by atomic mass is 10.0. The lowest BCUT2D eigenvalue weighted by Gasteiger charge is -2.34. The summed E-state index contributed by atoms with van der Waals surface area (Å²) in [7, 11) is -3.08. The molecule has 6 heteroatoms. The van der Waals surface area contributed by atoms with E-state index < -0.39 is 7.52 Å². The molecule has 1 heterocycles. The van der Waals surface area contributed by atoms with Gasteiger partial charge in [0.2, 0.25) is 0 Å². The number of nitrogens with zero attached hydrogens (tertiary/aromatic N) is 1. The van der Waals surface area contributed by atoms with Gasteiger partial charge in [-0.25, -0.2) is 4.67 Å². The van der Waals surface area contributed by atoms with E-state index in [-0.39, 0.29) is 12.5 Å². The van der Waals surface area contributed by atoms with E-state index >= 15 is 0 Å². The Kier molecular flexibility index (Phi) is 6.25. The summed E-state index contributed by atoms with van der Waals surface area (Å²) in [6, 6.07) is 18.1. The summed E-state index contributed by atoms with van der Waals surface area (Å²) in [5, 5.41) is 0. The normalized spacial score (nSPS) is 20.7. The van der Waals surface area contributed by atoms with Gasteiger partial charge in [-0.15, -0.1) is 0 Å². The molecule has 0 bridgehead atoms. The van der Waals surface area contributed by atoms with Crippen molar-refractivity contribution in [3.63, 3.8) is 0 Å². The van der Waals surface area contributed by atoms with Crippen LogP contribution in [0, 0.1) is 0 Å². The minimum absolute atomic E-state index is 0.00716. The number of rotatable bonds is 6. The molecule has 0 N–H and O–H groups in total. The lowest BCUT2D eigenvalue weighted by Crippen LogP contribution is -2.34. The van der Waals surface area contributed by atoms with E-state index in [1.165, 1.54) is 0 Å². The molecule has 0 aliphatic carbocycles. The van der Waals surface area contributed by atoms with E-state index in [1.807, 2.05) is 42.5 Å². The second-order valence-electron chi connectivity index (χ2n) is 6.24. The third-order valence-electron chi connectivity index (χ3n) is 4.34. The molecule has 1 aliphatic rings. The Morgan fingerprint density at radius 2 is 1.81 bits per heavy atom. The summed E-state index contributed by atoms with van der Waals surface area (Å²) in [5.41, 5.74) is 3.19. The molecule has 0 amide bonds. The van der Waals surface area contributed by atoms with Crippen LogP contribution in [-0.2, 0) is 24.8 Å². The first-order chi connectivity index (χ1) is 12.6. The monoisotopic (exact) mass is 373 g/mol. The summed E-state index contributed by atoms with van der Waals surface area (Å²) < 4.78 is 25.6. The van der Waals surface area contributed by atoms with Crippen LogP contribution in [0.1, 0.15) is 18.9 Å². The smallest absolute Gasteiger partial charge is 0.320 e. The molecule has 0 saturated carbocycles. The highest BCUT2D eigenvalue weighted by Gasteiger charge is 2.36. The number of benzene rings is 2. The molecule has 1 fully saturated rings. The molecule has 0 radical (unpaired) electrons. The standard InChI is InChI=1S/C20H24NO4P/c1-2-24-20(22)15-21-13-6-14-25-26(21,23)16-17-9-11-19(12-10-17)18-7-4-3-5-8-18/h3-5,7-12H,2,6,13-16H2,1H3. The van der Waals surface area contributed by atoms with Gasteiger partial charge in [-0.1, -0.05) is 54.6 Å². The van der Waals surface area contributed by atoms with Gasteiger partial charge in [0.05, 0.1) is 19.4 Å². The van der Waals surface area contributed by atoms with E-state index in [0.717, 1.165) is 23.1 Å². The second kappa shape index (κ2) is 8.63. The Balaban J connectivity index is 1.73. The first-order valence-electron chi connectivity index (χ1n) is 8.90. The van der Waals surface area contributed by atoms with Crippen molar-refractivity contribution >= 4 is 13.5 Å². The van der Waals surface area contributed by atoms with Crippen molar-refractivity contribution in [3.05, 3.63) is 60.2 Å². The van der Waals surface area contributed by atoms with Crippen molar-refractivity contribution in [1.82, 2.24) is 4.67 Å². The molecule has 1 aliphatic heterocycles.